The topological polar surface area (TPSA) is 107 Å². The highest BCUT2D eigenvalue weighted by atomic mass is 35.5. The summed E-state index contributed by atoms with van der Waals surface area (Å²) < 4.78 is 4.84. The van der Waals surface area contributed by atoms with Crippen molar-refractivity contribution in [3.63, 3.8) is 0 Å². The second-order valence-corrected chi connectivity index (χ2v) is 4.95. The summed E-state index contributed by atoms with van der Waals surface area (Å²) in [6, 6.07) is 4.77. The van der Waals surface area contributed by atoms with E-state index in [0.29, 0.717) is 16.5 Å². The molecule has 0 heterocycles. The summed E-state index contributed by atoms with van der Waals surface area (Å²) in [5.74, 6) is -0.651. The largest absolute Gasteiger partial charge is 0.448 e. The fourth-order valence-corrected chi connectivity index (χ4v) is 1.74. The van der Waals surface area contributed by atoms with Gasteiger partial charge in [0, 0.05) is 6.04 Å². The summed E-state index contributed by atoms with van der Waals surface area (Å²) in [6.07, 6.45) is -0.270. The maximum atomic E-state index is 11.2. The van der Waals surface area contributed by atoms with E-state index in [4.69, 9.17) is 39.4 Å². The molecular weight excluding hydrogens is 305 g/mol. The van der Waals surface area contributed by atoms with Gasteiger partial charge in [0.25, 0.3) is 0 Å². The van der Waals surface area contributed by atoms with Gasteiger partial charge in [-0.1, -0.05) is 29.3 Å². The van der Waals surface area contributed by atoms with Crippen molar-refractivity contribution in [2.75, 3.05) is 13.2 Å². The maximum absolute atomic E-state index is 11.2. The number of amides is 2. The molecule has 0 bridgehead atoms. The van der Waals surface area contributed by atoms with Crippen LogP contribution in [0.3, 0.4) is 0 Å². The predicted octanol–water partition coefficient (Wildman–Crippen LogP) is 1.07. The number of hydrogen-bond donors (Lipinski definition) is 3. The van der Waals surface area contributed by atoms with E-state index < -0.39 is 18.0 Å². The van der Waals surface area contributed by atoms with E-state index in [1.54, 1.807) is 18.2 Å². The van der Waals surface area contributed by atoms with Crippen molar-refractivity contribution in [3.05, 3.63) is 33.8 Å². The summed E-state index contributed by atoms with van der Waals surface area (Å²) in [6.45, 7) is -0.272. The maximum Gasteiger partial charge on any atom is 0.407 e. The number of carbonyl (C=O) groups is 2. The molecular formula is C12H15Cl2N3O3. The van der Waals surface area contributed by atoms with Crippen LogP contribution < -0.4 is 16.8 Å². The van der Waals surface area contributed by atoms with Gasteiger partial charge in [0.1, 0.15) is 6.61 Å². The molecule has 0 saturated heterocycles. The molecule has 1 aromatic rings. The second-order valence-electron chi connectivity index (χ2n) is 4.13. The third kappa shape index (κ3) is 6.10. The quantitative estimate of drug-likeness (QED) is 0.729. The van der Waals surface area contributed by atoms with Gasteiger partial charge in [-0.2, -0.15) is 0 Å². The molecule has 2 amide bonds. The van der Waals surface area contributed by atoms with Crippen LogP contribution in [0.1, 0.15) is 5.56 Å². The molecule has 110 valence electrons. The Hall–Kier alpha value is -1.50. The molecule has 0 unspecified atom stereocenters. The van der Waals surface area contributed by atoms with Crippen LogP contribution in [0.25, 0.3) is 0 Å². The van der Waals surface area contributed by atoms with E-state index in [-0.39, 0.29) is 13.2 Å². The number of alkyl carbamates (subject to hydrolysis) is 1. The van der Waals surface area contributed by atoms with Crippen LogP contribution in [0.2, 0.25) is 10.0 Å². The molecule has 20 heavy (non-hydrogen) atoms. The molecule has 0 aliphatic rings. The lowest BCUT2D eigenvalue weighted by atomic mass is 10.1. The van der Waals surface area contributed by atoms with Gasteiger partial charge in [-0.3, -0.25) is 4.79 Å². The third-order valence-electron chi connectivity index (χ3n) is 2.32. The van der Waals surface area contributed by atoms with Crippen molar-refractivity contribution in [3.8, 4) is 0 Å². The SMILES string of the molecule is NC(=O)CNC(=O)OC[C@H](N)Cc1ccc(Cl)c(Cl)c1. The molecule has 8 heteroatoms. The summed E-state index contributed by atoms with van der Waals surface area (Å²) in [7, 11) is 0. The van der Waals surface area contributed by atoms with Gasteiger partial charge < -0.3 is 21.5 Å². The molecule has 1 atom stereocenters. The van der Waals surface area contributed by atoms with Crippen molar-refractivity contribution >= 4 is 35.2 Å². The number of nitrogens with two attached hydrogens (primary N) is 2. The zero-order valence-electron chi connectivity index (χ0n) is 10.6. The van der Waals surface area contributed by atoms with Crippen LogP contribution in [0.15, 0.2) is 18.2 Å². The Kier molecular flexibility index (Phi) is 6.57. The summed E-state index contributed by atoms with van der Waals surface area (Å²) in [4.78, 5) is 21.6. The van der Waals surface area contributed by atoms with E-state index in [2.05, 4.69) is 5.32 Å². The monoisotopic (exact) mass is 319 g/mol. The average molecular weight is 320 g/mol. The molecule has 5 N–H and O–H groups in total. The van der Waals surface area contributed by atoms with Gasteiger partial charge in [-0.25, -0.2) is 4.79 Å². The molecule has 0 aliphatic heterocycles. The first-order valence-corrected chi connectivity index (χ1v) is 6.52. The number of ether oxygens (including phenoxy) is 1. The Morgan fingerprint density at radius 1 is 1.30 bits per heavy atom. The van der Waals surface area contributed by atoms with Gasteiger partial charge in [0.2, 0.25) is 5.91 Å². The number of rotatable bonds is 6. The van der Waals surface area contributed by atoms with Gasteiger partial charge in [0.05, 0.1) is 16.6 Å². The van der Waals surface area contributed by atoms with E-state index in [1.807, 2.05) is 0 Å². The molecule has 1 rings (SSSR count). The molecule has 1 aromatic carbocycles. The lowest BCUT2D eigenvalue weighted by Crippen LogP contribution is -2.37. The second kappa shape index (κ2) is 7.94. The van der Waals surface area contributed by atoms with Crippen LogP contribution in [-0.2, 0) is 16.0 Å². The molecule has 0 fully saturated rings. The van der Waals surface area contributed by atoms with Crippen molar-refractivity contribution in [2.45, 2.75) is 12.5 Å². The molecule has 0 radical (unpaired) electrons. The minimum atomic E-state index is -0.742. The van der Waals surface area contributed by atoms with Crippen molar-refractivity contribution in [1.82, 2.24) is 5.32 Å². The first kappa shape index (κ1) is 16.6. The fraction of sp³-hybridized carbons (Fsp3) is 0.333. The van der Waals surface area contributed by atoms with Gasteiger partial charge in [-0.15, -0.1) is 0 Å². The van der Waals surface area contributed by atoms with E-state index in [9.17, 15) is 9.59 Å². The van der Waals surface area contributed by atoms with Crippen molar-refractivity contribution in [2.24, 2.45) is 11.5 Å². The van der Waals surface area contributed by atoms with Crippen molar-refractivity contribution in [1.29, 1.82) is 0 Å². The van der Waals surface area contributed by atoms with E-state index >= 15 is 0 Å². The number of hydrogen-bond acceptors (Lipinski definition) is 4. The number of nitrogens with one attached hydrogen (secondary N) is 1. The zero-order valence-corrected chi connectivity index (χ0v) is 12.1. The van der Waals surface area contributed by atoms with Gasteiger partial charge >= 0.3 is 6.09 Å². The summed E-state index contributed by atoms with van der Waals surface area (Å²) >= 11 is 11.7. The van der Waals surface area contributed by atoms with Crippen LogP contribution >= 0.6 is 23.2 Å². The predicted molar refractivity (Wildman–Crippen MR) is 76.7 cm³/mol. The van der Waals surface area contributed by atoms with Gasteiger partial charge in [0.15, 0.2) is 0 Å². The van der Waals surface area contributed by atoms with Crippen LogP contribution in [0.5, 0.6) is 0 Å². The summed E-state index contributed by atoms with van der Waals surface area (Å²) in [5.41, 5.74) is 11.6. The highest BCUT2D eigenvalue weighted by Gasteiger charge is 2.10. The Morgan fingerprint density at radius 2 is 2.00 bits per heavy atom. The Bertz CT molecular complexity index is 497. The van der Waals surface area contributed by atoms with Crippen LogP contribution in [0.4, 0.5) is 4.79 Å². The molecule has 6 nitrogen and oxygen atoms in total. The Balaban J connectivity index is 2.36. The number of halogens is 2. The lowest BCUT2D eigenvalue weighted by Gasteiger charge is -2.13. The number of benzene rings is 1. The fourth-order valence-electron chi connectivity index (χ4n) is 1.42. The highest BCUT2D eigenvalue weighted by molar-refractivity contribution is 6.42. The lowest BCUT2D eigenvalue weighted by molar-refractivity contribution is -0.117. The standard InChI is InChI=1S/C12H15Cl2N3O3/c13-9-2-1-7(4-10(9)14)3-8(15)6-20-12(19)17-5-11(16)18/h1-2,4,8H,3,5-6,15H2,(H2,16,18)(H,17,19)/t8-/m1/s1. The van der Waals surface area contributed by atoms with Crippen LogP contribution in [0, 0.1) is 0 Å². The summed E-state index contributed by atoms with van der Waals surface area (Å²) in [5, 5.41) is 3.09. The average Bonchev–Trinajstić information content (AvgIpc) is 2.38. The minimum Gasteiger partial charge on any atom is -0.448 e. The van der Waals surface area contributed by atoms with E-state index in [1.165, 1.54) is 0 Å². The van der Waals surface area contributed by atoms with E-state index in [0.717, 1.165) is 5.56 Å². The molecule has 0 saturated carbocycles. The normalized spacial score (nSPS) is 11.8. The first-order valence-electron chi connectivity index (χ1n) is 5.77. The molecule has 0 spiro atoms. The first-order chi connectivity index (χ1) is 9.38. The highest BCUT2D eigenvalue weighted by Crippen LogP contribution is 2.23. The Labute approximate surface area is 126 Å². The molecule has 0 aromatic heterocycles. The number of primary amides is 1. The minimum absolute atomic E-state index is 0.00480. The Morgan fingerprint density at radius 3 is 2.60 bits per heavy atom. The van der Waals surface area contributed by atoms with Gasteiger partial charge in [-0.05, 0) is 24.1 Å². The number of carbonyl (C=O) groups excluding carboxylic acids is 2. The van der Waals surface area contributed by atoms with Crippen LogP contribution in [-0.4, -0.2) is 31.2 Å². The molecule has 0 aliphatic carbocycles. The third-order valence-corrected chi connectivity index (χ3v) is 3.06. The van der Waals surface area contributed by atoms with Crippen molar-refractivity contribution < 1.29 is 14.3 Å². The zero-order chi connectivity index (χ0) is 15.1. The smallest absolute Gasteiger partial charge is 0.407 e.